The summed E-state index contributed by atoms with van der Waals surface area (Å²) in [5, 5.41) is 2.15. The fourth-order valence-electron chi connectivity index (χ4n) is 4.86. The number of nitrogens with zero attached hydrogens (tertiary/aromatic N) is 2. The van der Waals surface area contributed by atoms with Gasteiger partial charge in [0.25, 0.3) is 0 Å². The summed E-state index contributed by atoms with van der Waals surface area (Å²) >= 11 is 0. The zero-order chi connectivity index (χ0) is 23.2. The molecule has 2 aliphatic heterocycles. The molecule has 0 spiro atoms. The second kappa shape index (κ2) is 7.93. The third-order valence-corrected chi connectivity index (χ3v) is 6.58. The summed E-state index contributed by atoms with van der Waals surface area (Å²) in [6.07, 6.45) is 3.65. The normalized spacial score (nSPS) is 11.4. The Kier molecular flexibility index (Phi) is 4.46. The summed E-state index contributed by atoms with van der Waals surface area (Å²) in [5.41, 5.74) is 9.57. The number of rotatable bonds is 3. The highest BCUT2D eigenvalue weighted by molar-refractivity contribution is 6.10. The molecule has 0 aliphatic carbocycles. The van der Waals surface area contributed by atoms with Crippen LogP contribution in [-0.4, -0.2) is 9.97 Å². The van der Waals surface area contributed by atoms with Gasteiger partial charge in [0.2, 0.25) is 0 Å². The van der Waals surface area contributed by atoms with E-state index >= 15 is 0 Å². The van der Waals surface area contributed by atoms with Crippen LogP contribution in [0, 0.1) is 0 Å². The topological polar surface area (TPSA) is 38.9 Å². The molecule has 3 heteroatoms. The monoisotopic (exact) mass is 448 g/mol. The molecule has 0 amide bonds. The van der Waals surface area contributed by atoms with Gasteiger partial charge in [-0.05, 0) is 58.7 Å². The van der Waals surface area contributed by atoms with E-state index in [0.717, 1.165) is 55.6 Å². The van der Waals surface area contributed by atoms with E-state index in [9.17, 15) is 0 Å². The van der Waals surface area contributed by atoms with Gasteiger partial charge in [-0.3, -0.25) is 4.98 Å². The Morgan fingerprint density at radius 1 is 0.514 bits per heavy atom. The minimum Gasteiger partial charge on any atom is -0.455 e. The Hall–Kier alpha value is -4.76. The molecule has 164 valence electrons. The van der Waals surface area contributed by atoms with Crippen molar-refractivity contribution in [3.05, 3.63) is 122 Å². The summed E-state index contributed by atoms with van der Waals surface area (Å²) < 4.78 is 6.50. The molecule has 0 radical (unpaired) electrons. The molecule has 4 aromatic carbocycles. The molecular formula is C32H20N2O. The van der Waals surface area contributed by atoms with Crippen LogP contribution in [0.5, 0.6) is 0 Å². The second-order valence-electron chi connectivity index (χ2n) is 8.67. The summed E-state index contributed by atoms with van der Waals surface area (Å²) in [6.45, 7) is 0. The van der Waals surface area contributed by atoms with E-state index < -0.39 is 0 Å². The lowest BCUT2D eigenvalue weighted by molar-refractivity contribution is 0.622. The molecule has 0 N–H and O–H groups in total. The molecule has 35 heavy (non-hydrogen) atoms. The average Bonchev–Trinajstić information content (AvgIpc) is 3.33. The summed E-state index contributed by atoms with van der Waals surface area (Å²) in [7, 11) is 0. The highest BCUT2D eigenvalue weighted by atomic mass is 16.3. The minimum absolute atomic E-state index is 0.840. The highest BCUT2D eigenvalue weighted by Gasteiger charge is 2.22. The van der Waals surface area contributed by atoms with Gasteiger partial charge in [0, 0.05) is 28.7 Å². The molecule has 5 aromatic rings. The number of pyridine rings is 1. The Morgan fingerprint density at radius 3 is 1.97 bits per heavy atom. The lowest BCUT2D eigenvalue weighted by Gasteiger charge is -2.12. The van der Waals surface area contributed by atoms with Gasteiger partial charge in [0.05, 0.1) is 16.8 Å². The first-order valence-electron chi connectivity index (χ1n) is 11.7. The predicted molar refractivity (Wildman–Crippen MR) is 142 cm³/mol. The Balaban J connectivity index is 1.37. The van der Waals surface area contributed by atoms with Gasteiger partial charge in [-0.25, -0.2) is 4.98 Å². The predicted octanol–water partition coefficient (Wildman–Crippen LogP) is 8.48. The first-order chi connectivity index (χ1) is 17.3. The van der Waals surface area contributed by atoms with Crippen molar-refractivity contribution in [1.29, 1.82) is 0 Å². The van der Waals surface area contributed by atoms with Crippen molar-refractivity contribution in [1.82, 2.24) is 9.97 Å². The van der Waals surface area contributed by atoms with Crippen molar-refractivity contribution in [3.8, 4) is 44.8 Å². The standard InChI is InChI=1S/C32H20N2O/c1-3-10-28-26(8-1)30-31(34-28)27-9-2-4-11-29(27)35-32(30)23-14-12-21(13-15-23)24-6-5-7-25(20-24)22-16-18-33-19-17-22/h1-20H. The molecule has 3 nitrogen and oxygen atoms in total. The largest absolute Gasteiger partial charge is 0.455 e. The molecule has 3 heterocycles. The number of para-hydroxylation sites is 2. The van der Waals surface area contributed by atoms with E-state index in [-0.39, 0.29) is 0 Å². The van der Waals surface area contributed by atoms with Crippen LogP contribution in [0.3, 0.4) is 0 Å². The van der Waals surface area contributed by atoms with Crippen LogP contribution >= 0.6 is 0 Å². The second-order valence-corrected chi connectivity index (χ2v) is 8.67. The van der Waals surface area contributed by atoms with Crippen LogP contribution in [-0.2, 0) is 0 Å². The van der Waals surface area contributed by atoms with Crippen LogP contribution in [0.25, 0.3) is 66.7 Å². The Morgan fingerprint density at radius 2 is 1.17 bits per heavy atom. The number of aromatic nitrogens is 2. The summed E-state index contributed by atoms with van der Waals surface area (Å²) in [4.78, 5) is 9.10. The fourth-order valence-corrected chi connectivity index (χ4v) is 4.86. The first-order valence-corrected chi connectivity index (χ1v) is 11.7. The molecule has 0 saturated heterocycles. The van der Waals surface area contributed by atoms with Crippen molar-refractivity contribution in [2.75, 3.05) is 0 Å². The van der Waals surface area contributed by atoms with E-state index in [1.807, 2.05) is 48.8 Å². The van der Waals surface area contributed by atoms with Gasteiger partial charge in [-0.2, -0.15) is 0 Å². The number of benzene rings is 4. The van der Waals surface area contributed by atoms with Crippen LogP contribution in [0.1, 0.15) is 0 Å². The van der Waals surface area contributed by atoms with Gasteiger partial charge in [0.1, 0.15) is 11.3 Å². The quantitative estimate of drug-likeness (QED) is 0.272. The average molecular weight is 449 g/mol. The van der Waals surface area contributed by atoms with Gasteiger partial charge >= 0.3 is 0 Å². The van der Waals surface area contributed by atoms with E-state index in [0.29, 0.717) is 0 Å². The zero-order valence-electron chi connectivity index (χ0n) is 18.8. The maximum absolute atomic E-state index is 6.50. The molecule has 2 aliphatic rings. The smallest absolute Gasteiger partial charge is 0.144 e. The molecular weight excluding hydrogens is 428 g/mol. The first kappa shape index (κ1) is 19.7. The molecule has 7 rings (SSSR count). The Labute approximate surface area is 202 Å². The minimum atomic E-state index is 0.840. The fraction of sp³-hybridized carbons (Fsp3) is 0. The molecule has 0 unspecified atom stereocenters. The van der Waals surface area contributed by atoms with Crippen LogP contribution < -0.4 is 0 Å². The third-order valence-electron chi connectivity index (χ3n) is 6.58. The van der Waals surface area contributed by atoms with E-state index in [4.69, 9.17) is 9.40 Å². The van der Waals surface area contributed by atoms with Crippen molar-refractivity contribution in [2.45, 2.75) is 0 Å². The molecule has 0 atom stereocenters. The highest BCUT2D eigenvalue weighted by Crippen LogP contribution is 2.44. The summed E-state index contributed by atoms with van der Waals surface area (Å²) in [5.74, 6) is 0.851. The molecule has 0 fully saturated rings. The number of fused-ring (bicyclic) bond motifs is 5. The SMILES string of the molecule is c1cc(-c2ccncc2)cc(-c2ccc(-c3oc4ccccc4c4nc5ccccc5c3-4)cc2)c1. The number of hydrogen-bond acceptors (Lipinski definition) is 3. The number of hydrogen-bond donors (Lipinski definition) is 0. The third kappa shape index (κ3) is 3.29. The zero-order valence-corrected chi connectivity index (χ0v) is 18.8. The lowest BCUT2D eigenvalue weighted by Crippen LogP contribution is -1.89. The van der Waals surface area contributed by atoms with Crippen molar-refractivity contribution < 1.29 is 4.42 Å². The van der Waals surface area contributed by atoms with Crippen LogP contribution in [0.4, 0.5) is 0 Å². The van der Waals surface area contributed by atoms with Crippen LogP contribution in [0.2, 0.25) is 0 Å². The van der Waals surface area contributed by atoms with Gasteiger partial charge in [-0.1, -0.05) is 72.8 Å². The van der Waals surface area contributed by atoms with Crippen molar-refractivity contribution in [2.24, 2.45) is 0 Å². The molecule has 0 saturated carbocycles. The van der Waals surface area contributed by atoms with Gasteiger partial charge < -0.3 is 4.42 Å². The maximum atomic E-state index is 6.50. The van der Waals surface area contributed by atoms with Crippen molar-refractivity contribution in [3.63, 3.8) is 0 Å². The summed E-state index contributed by atoms with van der Waals surface area (Å²) in [6, 6.07) is 37.7. The van der Waals surface area contributed by atoms with Crippen LogP contribution in [0.15, 0.2) is 126 Å². The van der Waals surface area contributed by atoms with Gasteiger partial charge in [0.15, 0.2) is 0 Å². The lowest BCUT2D eigenvalue weighted by atomic mass is 9.96. The molecule has 0 bridgehead atoms. The van der Waals surface area contributed by atoms with Crippen molar-refractivity contribution >= 4 is 21.9 Å². The Bertz CT molecular complexity index is 1780. The van der Waals surface area contributed by atoms with E-state index in [1.165, 1.54) is 11.1 Å². The maximum Gasteiger partial charge on any atom is 0.144 e. The van der Waals surface area contributed by atoms with Gasteiger partial charge in [-0.15, -0.1) is 0 Å². The van der Waals surface area contributed by atoms with E-state index in [1.54, 1.807) is 0 Å². The molecule has 1 aromatic heterocycles. The van der Waals surface area contributed by atoms with E-state index in [2.05, 4.69) is 77.8 Å².